The molecule has 30 heavy (non-hydrogen) atoms. The van der Waals surface area contributed by atoms with Crippen molar-refractivity contribution >= 4 is 11.8 Å². The quantitative estimate of drug-likeness (QED) is 0.221. The molecular formula is C23H31N3O4. The molecule has 5 N–H and O–H groups in total. The number of hydrogen-bond donors (Lipinski definition) is 5. The highest BCUT2D eigenvalue weighted by atomic mass is 16.5. The van der Waals surface area contributed by atoms with Gasteiger partial charge in [0.25, 0.3) is 11.8 Å². The van der Waals surface area contributed by atoms with Gasteiger partial charge in [0.05, 0.1) is 6.10 Å². The lowest BCUT2D eigenvalue weighted by molar-refractivity contribution is -0.133. The Bertz CT molecular complexity index is 804. The summed E-state index contributed by atoms with van der Waals surface area (Å²) in [7, 11) is 0. The smallest absolute Gasteiger partial charge is 0.268 e. The number of carbonyl (C=O) groups excluding carboxylic acids is 2. The third-order valence-corrected chi connectivity index (χ3v) is 4.88. The van der Waals surface area contributed by atoms with Gasteiger partial charge in [-0.2, -0.15) is 0 Å². The van der Waals surface area contributed by atoms with Gasteiger partial charge >= 0.3 is 0 Å². The van der Waals surface area contributed by atoms with Crippen molar-refractivity contribution in [1.29, 1.82) is 0 Å². The van der Waals surface area contributed by atoms with E-state index in [4.69, 9.17) is 5.21 Å². The van der Waals surface area contributed by atoms with Crippen molar-refractivity contribution in [3.63, 3.8) is 0 Å². The summed E-state index contributed by atoms with van der Waals surface area (Å²) in [5.41, 5.74) is 5.02. The minimum Gasteiger partial charge on any atom is -0.391 e. The van der Waals surface area contributed by atoms with E-state index >= 15 is 0 Å². The Kier molecular flexibility index (Phi) is 9.47. The van der Waals surface area contributed by atoms with Crippen LogP contribution in [0.2, 0.25) is 0 Å². The van der Waals surface area contributed by atoms with E-state index in [1.807, 2.05) is 24.3 Å². The van der Waals surface area contributed by atoms with Crippen molar-refractivity contribution in [2.75, 3.05) is 6.54 Å². The Morgan fingerprint density at radius 2 is 1.57 bits per heavy atom. The number of hydroxylamine groups is 1. The van der Waals surface area contributed by atoms with Crippen LogP contribution in [0.25, 0.3) is 11.1 Å². The molecule has 7 heteroatoms. The second kappa shape index (κ2) is 12.1. The van der Waals surface area contributed by atoms with Crippen LogP contribution in [-0.4, -0.2) is 40.8 Å². The fraction of sp³-hybridized carbons (Fsp3) is 0.391. The molecule has 0 aliphatic heterocycles. The molecule has 0 radical (unpaired) electrons. The number of unbranched alkanes of at least 4 members (excludes halogenated alkanes) is 2. The summed E-state index contributed by atoms with van der Waals surface area (Å²) in [4.78, 5) is 23.9. The predicted molar refractivity (Wildman–Crippen MR) is 116 cm³/mol. The van der Waals surface area contributed by atoms with Crippen LogP contribution in [0.3, 0.4) is 0 Å². The van der Waals surface area contributed by atoms with Gasteiger partial charge in [-0.1, -0.05) is 56.2 Å². The molecule has 0 aliphatic carbocycles. The van der Waals surface area contributed by atoms with E-state index < -0.39 is 24.0 Å². The number of aliphatic hydroxyl groups is 1. The fourth-order valence-corrected chi connectivity index (χ4v) is 3.06. The van der Waals surface area contributed by atoms with Crippen LogP contribution in [0, 0.1) is 0 Å². The molecule has 162 valence electrons. The zero-order valence-electron chi connectivity index (χ0n) is 17.5. The highest BCUT2D eigenvalue weighted by Crippen LogP contribution is 2.20. The Balaban J connectivity index is 1.96. The standard InChI is InChI=1S/C23H31N3O4/c1-3-4-5-14-24-15-17-6-8-18(9-7-17)19-10-12-20(13-11-19)22(28)25-21(16(2)27)23(29)26-30/h6-13,16,21,24,27,30H,3-5,14-15H2,1-2H3,(H,25,28)(H,26,29)/t16-,21+/m1/s1. The summed E-state index contributed by atoms with van der Waals surface area (Å²) in [6, 6.07) is 14.0. The number of benzene rings is 2. The summed E-state index contributed by atoms with van der Waals surface area (Å²) in [6.07, 6.45) is 2.50. The number of aliphatic hydroxyl groups excluding tert-OH is 1. The first-order valence-corrected chi connectivity index (χ1v) is 10.3. The Morgan fingerprint density at radius 1 is 0.967 bits per heavy atom. The molecule has 0 spiro atoms. The molecule has 2 aromatic rings. The number of rotatable bonds is 11. The first-order chi connectivity index (χ1) is 14.5. The van der Waals surface area contributed by atoms with Crippen molar-refractivity contribution in [2.45, 2.75) is 51.8 Å². The lowest BCUT2D eigenvalue weighted by Gasteiger charge is -2.19. The normalized spacial score (nSPS) is 12.8. The third-order valence-electron chi connectivity index (χ3n) is 4.88. The maximum atomic E-state index is 12.3. The highest BCUT2D eigenvalue weighted by molar-refractivity contribution is 5.97. The van der Waals surface area contributed by atoms with Crippen LogP contribution in [0.5, 0.6) is 0 Å². The molecule has 0 saturated carbocycles. The molecular weight excluding hydrogens is 382 g/mol. The van der Waals surface area contributed by atoms with Crippen LogP contribution in [-0.2, 0) is 11.3 Å². The average molecular weight is 414 g/mol. The second-order valence-electron chi connectivity index (χ2n) is 7.33. The van der Waals surface area contributed by atoms with E-state index in [0.29, 0.717) is 5.56 Å². The number of hydrogen-bond acceptors (Lipinski definition) is 5. The SMILES string of the molecule is CCCCCNCc1ccc(-c2ccc(C(=O)N[C@H](C(=O)NO)[C@@H](C)O)cc2)cc1. The van der Waals surface area contributed by atoms with Crippen LogP contribution in [0.15, 0.2) is 48.5 Å². The molecule has 0 fully saturated rings. The van der Waals surface area contributed by atoms with Gasteiger partial charge in [0.2, 0.25) is 0 Å². The Morgan fingerprint density at radius 3 is 2.10 bits per heavy atom. The molecule has 2 aromatic carbocycles. The van der Waals surface area contributed by atoms with Gasteiger partial charge in [-0.25, -0.2) is 5.48 Å². The van der Waals surface area contributed by atoms with E-state index in [1.54, 1.807) is 12.1 Å². The van der Waals surface area contributed by atoms with Gasteiger partial charge in [0.15, 0.2) is 0 Å². The number of amides is 2. The lowest BCUT2D eigenvalue weighted by Crippen LogP contribution is -2.51. The monoisotopic (exact) mass is 413 g/mol. The zero-order chi connectivity index (χ0) is 21.9. The summed E-state index contributed by atoms with van der Waals surface area (Å²) < 4.78 is 0. The third kappa shape index (κ3) is 6.95. The Hall–Kier alpha value is -2.74. The van der Waals surface area contributed by atoms with Crippen molar-refractivity contribution < 1.29 is 19.9 Å². The molecule has 0 aromatic heterocycles. The molecule has 0 saturated heterocycles. The molecule has 2 atom stereocenters. The van der Waals surface area contributed by atoms with E-state index in [9.17, 15) is 14.7 Å². The molecule has 2 rings (SSSR count). The minimum absolute atomic E-state index is 0.350. The van der Waals surface area contributed by atoms with Crippen LogP contribution >= 0.6 is 0 Å². The maximum absolute atomic E-state index is 12.3. The molecule has 0 aliphatic rings. The van der Waals surface area contributed by atoms with Crippen molar-refractivity contribution in [2.24, 2.45) is 0 Å². The first-order valence-electron chi connectivity index (χ1n) is 10.3. The zero-order valence-corrected chi connectivity index (χ0v) is 17.5. The van der Waals surface area contributed by atoms with Gasteiger partial charge in [-0.05, 0) is 48.7 Å². The van der Waals surface area contributed by atoms with Crippen LogP contribution < -0.4 is 16.1 Å². The topological polar surface area (TPSA) is 111 Å². The van der Waals surface area contributed by atoms with Crippen LogP contribution in [0.4, 0.5) is 0 Å². The summed E-state index contributed by atoms with van der Waals surface area (Å²) in [6.45, 7) is 5.41. The first kappa shape index (κ1) is 23.5. The number of carbonyl (C=O) groups is 2. The van der Waals surface area contributed by atoms with Gasteiger partial charge in [-0.15, -0.1) is 0 Å². The van der Waals surface area contributed by atoms with Crippen LogP contribution in [0.1, 0.15) is 49.0 Å². The maximum Gasteiger partial charge on any atom is 0.268 e. The number of nitrogens with one attached hydrogen (secondary N) is 3. The largest absolute Gasteiger partial charge is 0.391 e. The minimum atomic E-state index is -1.25. The molecule has 0 heterocycles. The average Bonchev–Trinajstić information content (AvgIpc) is 2.77. The lowest BCUT2D eigenvalue weighted by atomic mass is 10.0. The van der Waals surface area contributed by atoms with E-state index in [-0.39, 0.29) is 0 Å². The van der Waals surface area contributed by atoms with Gasteiger partial charge in [0.1, 0.15) is 6.04 Å². The van der Waals surface area contributed by atoms with Gasteiger partial charge in [0, 0.05) is 12.1 Å². The van der Waals surface area contributed by atoms with Gasteiger partial charge < -0.3 is 15.7 Å². The molecule has 0 unspecified atom stereocenters. The van der Waals surface area contributed by atoms with E-state index in [0.717, 1.165) is 24.2 Å². The molecule has 7 nitrogen and oxygen atoms in total. The summed E-state index contributed by atoms with van der Waals surface area (Å²) in [5.74, 6) is -1.39. The fourth-order valence-electron chi connectivity index (χ4n) is 3.06. The van der Waals surface area contributed by atoms with E-state index in [2.05, 4.69) is 29.7 Å². The summed E-state index contributed by atoms with van der Waals surface area (Å²) >= 11 is 0. The van der Waals surface area contributed by atoms with Gasteiger partial charge in [-0.3, -0.25) is 14.8 Å². The van der Waals surface area contributed by atoms with Crippen molar-refractivity contribution in [3.05, 3.63) is 59.7 Å². The second-order valence-corrected chi connectivity index (χ2v) is 7.33. The van der Waals surface area contributed by atoms with Crippen molar-refractivity contribution in [3.8, 4) is 11.1 Å². The highest BCUT2D eigenvalue weighted by Gasteiger charge is 2.25. The van der Waals surface area contributed by atoms with Crippen molar-refractivity contribution in [1.82, 2.24) is 16.1 Å². The molecule has 2 amide bonds. The Labute approximate surface area is 177 Å². The summed E-state index contributed by atoms with van der Waals surface area (Å²) in [5, 5.41) is 24.2. The van der Waals surface area contributed by atoms with E-state index in [1.165, 1.54) is 37.2 Å². The molecule has 0 bridgehead atoms. The predicted octanol–water partition coefficient (Wildman–Crippen LogP) is 2.62.